The molecule has 3 aromatic carbocycles. The van der Waals surface area contributed by atoms with E-state index in [1.54, 1.807) is 6.07 Å². The van der Waals surface area contributed by atoms with Gasteiger partial charge in [-0.2, -0.15) is 0 Å². The second-order valence-corrected chi connectivity index (χ2v) is 8.90. The fourth-order valence-corrected chi connectivity index (χ4v) is 4.46. The summed E-state index contributed by atoms with van der Waals surface area (Å²) in [5.74, 6) is 0.582. The third-order valence-corrected chi connectivity index (χ3v) is 6.38. The van der Waals surface area contributed by atoms with Crippen molar-refractivity contribution < 1.29 is 9.18 Å². The van der Waals surface area contributed by atoms with Crippen LogP contribution in [0.3, 0.4) is 0 Å². The lowest BCUT2D eigenvalue weighted by atomic mass is 9.93. The Hall–Kier alpha value is -2.92. The first-order valence-electron chi connectivity index (χ1n) is 11.5. The quantitative estimate of drug-likeness (QED) is 0.246. The number of aliphatic imine (C=N–C) groups is 1. The minimum atomic E-state index is -0.259. The normalized spacial score (nSPS) is 12.5. The summed E-state index contributed by atoms with van der Waals surface area (Å²) in [6.07, 6.45) is 1.59. The highest BCUT2D eigenvalue weighted by atomic mass is 32.2. The molecule has 1 unspecified atom stereocenters. The number of hydrogen-bond donors (Lipinski definition) is 1. The predicted octanol–water partition coefficient (Wildman–Crippen LogP) is 8.56. The average molecular weight is 481 g/mol. The predicted molar refractivity (Wildman–Crippen MR) is 149 cm³/mol. The van der Waals surface area contributed by atoms with Gasteiger partial charge in [0.05, 0.1) is 5.54 Å². The molecule has 0 amide bonds. The zero-order valence-electron chi connectivity index (χ0n) is 21.0. The van der Waals surface area contributed by atoms with Crippen LogP contribution < -0.4 is 5.32 Å². The third kappa shape index (κ3) is 9.14. The zero-order valence-corrected chi connectivity index (χ0v) is 21.8. The Morgan fingerprint density at radius 3 is 2.38 bits per heavy atom. The van der Waals surface area contributed by atoms with Gasteiger partial charge in [0, 0.05) is 34.2 Å². The molecule has 1 atom stereocenters. The molecule has 0 spiro atoms. The fourth-order valence-electron chi connectivity index (χ4n) is 3.51. The molecule has 0 aliphatic carbocycles. The number of carbonyl (C=O) groups is 1. The summed E-state index contributed by atoms with van der Waals surface area (Å²) in [6, 6.07) is 21.3. The van der Waals surface area contributed by atoms with E-state index >= 15 is 0 Å². The molecule has 0 saturated carbocycles. The molecule has 0 aromatic heterocycles. The maximum atomic E-state index is 13.4. The van der Waals surface area contributed by atoms with E-state index in [-0.39, 0.29) is 11.4 Å². The standard InChI is InChI=1S/C26H29FN2S.C2H6.CH2O/c1-5-26(4,17-19(2)28-23-13-9-12-22(27)16-23)29-20(3)18-30-25-15-8-11-21-10-6-7-14-24(21)25;2*1-2/h6-16,28H,2,5,17-18H2,1,3-4H3;1-2H3;1H2. The highest BCUT2D eigenvalue weighted by molar-refractivity contribution is 8.00. The topological polar surface area (TPSA) is 41.5 Å². The molecule has 3 rings (SSSR count). The van der Waals surface area contributed by atoms with E-state index in [2.05, 4.69) is 75.1 Å². The molecular weight excluding hydrogens is 443 g/mol. The second kappa shape index (κ2) is 15.1. The van der Waals surface area contributed by atoms with Crippen LogP contribution in [0.25, 0.3) is 10.8 Å². The van der Waals surface area contributed by atoms with Crippen LogP contribution in [0.5, 0.6) is 0 Å². The Morgan fingerprint density at radius 2 is 1.71 bits per heavy atom. The van der Waals surface area contributed by atoms with Crippen LogP contribution in [0.4, 0.5) is 10.1 Å². The van der Waals surface area contributed by atoms with Crippen molar-refractivity contribution >= 4 is 40.7 Å². The minimum absolute atomic E-state index is 0.249. The number of rotatable bonds is 9. The third-order valence-electron chi connectivity index (χ3n) is 5.15. The molecule has 0 fully saturated rings. The van der Waals surface area contributed by atoms with Crippen LogP contribution in [-0.2, 0) is 4.79 Å². The first-order valence-corrected chi connectivity index (χ1v) is 12.5. The molecule has 3 aromatic rings. The van der Waals surface area contributed by atoms with Gasteiger partial charge >= 0.3 is 0 Å². The van der Waals surface area contributed by atoms with Gasteiger partial charge in [-0.1, -0.05) is 69.8 Å². The van der Waals surface area contributed by atoms with Gasteiger partial charge in [0.1, 0.15) is 12.6 Å². The summed E-state index contributed by atoms with van der Waals surface area (Å²) in [6.45, 7) is 16.5. The van der Waals surface area contributed by atoms with Gasteiger partial charge in [0.25, 0.3) is 0 Å². The van der Waals surface area contributed by atoms with E-state index < -0.39 is 0 Å². The molecule has 34 heavy (non-hydrogen) atoms. The highest BCUT2D eigenvalue weighted by Gasteiger charge is 2.22. The first kappa shape index (κ1) is 29.1. The number of thioether (sulfide) groups is 1. The Bertz CT molecular complexity index is 1080. The SMILES string of the molecule is C=C(CC(C)(CC)N=C(C)CSc1cccc2ccccc12)Nc1cccc(F)c1.C=O.CC. The van der Waals surface area contributed by atoms with Crippen molar-refractivity contribution in [3.63, 3.8) is 0 Å². The Balaban J connectivity index is 0.00000137. The number of nitrogens with one attached hydrogen (secondary N) is 1. The van der Waals surface area contributed by atoms with Gasteiger partial charge < -0.3 is 10.1 Å². The molecule has 0 bridgehead atoms. The lowest BCUT2D eigenvalue weighted by molar-refractivity contribution is -0.0979. The smallest absolute Gasteiger partial charge is 0.125 e. The molecule has 5 heteroatoms. The Kier molecular flexibility index (Phi) is 12.9. The van der Waals surface area contributed by atoms with Crippen LogP contribution in [0.1, 0.15) is 47.5 Å². The number of halogens is 1. The van der Waals surface area contributed by atoms with E-state index in [4.69, 9.17) is 9.79 Å². The molecule has 0 radical (unpaired) electrons. The van der Waals surface area contributed by atoms with Gasteiger partial charge in [-0.25, -0.2) is 4.39 Å². The minimum Gasteiger partial charge on any atom is -0.359 e. The number of anilines is 1. The van der Waals surface area contributed by atoms with Gasteiger partial charge in [0.2, 0.25) is 0 Å². The van der Waals surface area contributed by atoms with Gasteiger partial charge in [0.15, 0.2) is 0 Å². The molecule has 0 saturated heterocycles. The highest BCUT2D eigenvalue weighted by Crippen LogP contribution is 2.29. The molecule has 0 aliphatic heterocycles. The molecule has 182 valence electrons. The van der Waals surface area contributed by atoms with Crippen molar-refractivity contribution in [1.29, 1.82) is 0 Å². The van der Waals surface area contributed by atoms with Gasteiger partial charge in [-0.3, -0.25) is 4.99 Å². The van der Waals surface area contributed by atoms with E-state index in [1.807, 2.05) is 38.5 Å². The summed E-state index contributed by atoms with van der Waals surface area (Å²) in [5.41, 5.74) is 2.41. The van der Waals surface area contributed by atoms with Crippen molar-refractivity contribution in [3.8, 4) is 0 Å². The second-order valence-electron chi connectivity index (χ2n) is 7.88. The van der Waals surface area contributed by atoms with E-state index in [0.29, 0.717) is 12.1 Å². The summed E-state index contributed by atoms with van der Waals surface area (Å²) < 4.78 is 13.4. The summed E-state index contributed by atoms with van der Waals surface area (Å²) >= 11 is 1.82. The lowest BCUT2D eigenvalue weighted by Gasteiger charge is -2.26. The molecule has 0 heterocycles. The van der Waals surface area contributed by atoms with Crippen LogP contribution in [0.2, 0.25) is 0 Å². The number of fused-ring (bicyclic) bond motifs is 1. The Labute approximate surface area is 208 Å². The zero-order chi connectivity index (χ0) is 25.6. The van der Waals surface area contributed by atoms with Crippen LogP contribution in [-0.4, -0.2) is 23.8 Å². The van der Waals surface area contributed by atoms with Crippen molar-refractivity contribution in [2.45, 2.75) is 57.9 Å². The van der Waals surface area contributed by atoms with Crippen LogP contribution >= 0.6 is 11.8 Å². The molecular formula is C29H37FN2OS. The van der Waals surface area contributed by atoms with Gasteiger partial charge in [-0.05, 0) is 55.3 Å². The number of hydrogen-bond acceptors (Lipinski definition) is 4. The fraction of sp³-hybridized carbons (Fsp3) is 0.310. The summed E-state index contributed by atoms with van der Waals surface area (Å²) in [7, 11) is 0. The maximum Gasteiger partial charge on any atom is 0.125 e. The van der Waals surface area contributed by atoms with Gasteiger partial charge in [-0.15, -0.1) is 11.8 Å². The lowest BCUT2D eigenvalue weighted by Crippen LogP contribution is -2.25. The van der Waals surface area contributed by atoms with E-state index in [9.17, 15) is 4.39 Å². The van der Waals surface area contributed by atoms with E-state index in [0.717, 1.165) is 23.6 Å². The van der Waals surface area contributed by atoms with E-state index in [1.165, 1.54) is 27.8 Å². The van der Waals surface area contributed by atoms with Crippen molar-refractivity contribution in [3.05, 3.63) is 84.8 Å². The molecule has 0 aliphatic rings. The molecule has 1 N–H and O–H groups in total. The largest absolute Gasteiger partial charge is 0.359 e. The summed E-state index contributed by atoms with van der Waals surface area (Å²) in [5, 5.41) is 5.76. The van der Waals surface area contributed by atoms with Crippen molar-refractivity contribution in [2.24, 2.45) is 4.99 Å². The monoisotopic (exact) mass is 480 g/mol. The number of nitrogens with zero attached hydrogens (tertiary/aromatic N) is 1. The summed E-state index contributed by atoms with van der Waals surface area (Å²) in [4.78, 5) is 14.3. The Morgan fingerprint density at radius 1 is 1.06 bits per heavy atom. The number of carbonyl (C=O) groups excluding carboxylic acids is 1. The maximum absolute atomic E-state index is 13.4. The molecule has 3 nitrogen and oxygen atoms in total. The first-order chi connectivity index (χ1) is 16.4. The number of benzene rings is 3. The van der Waals surface area contributed by atoms with Crippen molar-refractivity contribution in [2.75, 3.05) is 11.1 Å². The average Bonchev–Trinajstić information content (AvgIpc) is 2.85. The van der Waals surface area contributed by atoms with Crippen molar-refractivity contribution in [1.82, 2.24) is 0 Å². The van der Waals surface area contributed by atoms with Crippen LogP contribution in [0.15, 0.2) is 88.9 Å². The van der Waals surface area contributed by atoms with Crippen LogP contribution in [0, 0.1) is 5.82 Å².